The van der Waals surface area contributed by atoms with Gasteiger partial charge in [-0.1, -0.05) is 11.6 Å². The second-order valence-corrected chi connectivity index (χ2v) is 7.24. The van der Waals surface area contributed by atoms with E-state index in [1.54, 1.807) is 44.8 Å². The zero-order valence-corrected chi connectivity index (χ0v) is 17.2. The third-order valence-corrected chi connectivity index (χ3v) is 5.35. The predicted octanol–water partition coefficient (Wildman–Crippen LogP) is 4.49. The summed E-state index contributed by atoms with van der Waals surface area (Å²) in [4.78, 5) is 26.0. The van der Waals surface area contributed by atoms with Crippen molar-refractivity contribution in [3.63, 3.8) is 0 Å². The van der Waals surface area contributed by atoms with E-state index in [-0.39, 0.29) is 12.3 Å². The Balaban J connectivity index is 1.75. The number of aryl methyl sites for hydroxylation is 1. The van der Waals surface area contributed by atoms with Crippen molar-refractivity contribution >= 4 is 34.9 Å². The number of thiazole rings is 1. The van der Waals surface area contributed by atoms with Gasteiger partial charge in [0.15, 0.2) is 5.78 Å². The van der Waals surface area contributed by atoms with Crippen molar-refractivity contribution in [2.75, 3.05) is 20.8 Å². The molecule has 1 aromatic carbocycles. The van der Waals surface area contributed by atoms with Crippen LogP contribution in [0.1, 0.15) is 20.9 Å². The first-order valence-electron chi connectivity index (χ1n) is 8.36. The number of aromatic nitrogens is 2. The normalized spacial score (nSPS) is 11.0. The molecule has 144 valence electrons. The highest BCUT2D eigenvalue weighted by Crippen LogP contribution is 2.36. The average Bonchev–Trinajstić information content (AvgIpc) is 3.09. The molecule has 6 nitrogen and oxygen atoms in total. The molecule has 0 atom stereocenters. The quantitative estimate of drug-likeness (QED) is 0.420. The van der Waals surface area contributed by atoms with Gasteiger partial charge in [0.1, 0.15) is 17.3 Å². The van der Waals surface area contributed by atoms with E-state index in [1.165, 1.54) is 11.3 Å². The summed E-state index contributed by atoms with van der Waals surface area (Å²) >= 11 is 7.34. The minimum atomic E-state index is -0.0908. The van der Waals surface area contributed by atoms with Gasteiger partial charge >= 0.3 is 0 Å². The number of aliphatic imine (C=N–C) groups is 1. The fourth-order valence-corrected chi connectivity index (χ4v) is 3.70. The van der Waals surface area contributed by atoms with E-state index < -0.39 is 0 Å². The zero-order valence-electron chi connectivity index (χ0n) is 15.6. The molecule has 0 spiro atoms. The number of benzene rings is 1. The molecule has 0 aliphatic heterocycles. The van der Waals surface area contributed by atoms with Crippen LogP contribution in [-0.4, -0.2) is 42.7 Å². The van der Waals surface area contributed by atoms with Gasteiger partial charge in [-0.2, -0.15) is 0 Å². The maximum absolute atomic E-state index is 12.6. The van der Waals surface area contributed by atoms with Gasteiger partial charge in [-0.25, -0.2) is 9.97 Å². The molecule has 0 fully saturated rings. The number of nitrogens with zero attached hydrogens (tertiary/aromatic N) is 3. The molecule has 0 saturated carbocycles. The Morgan fingerprint density at radius 1 is 1.25 bits per heavy atom. The van der Waals surface area contributed by atoms with E-state index in [2.05, 4.69) is 15.0 Å². The van der Waals surface area contributed by atoms with Gasteiger partial charge in [-0.3, -0.25) is 9.79 Å². The van der Waals surface area contributed by atoms with Crippen LogP contribution in [0, 0.1) is 6.92 Å². The van der Waals surface area contributed by atoms with Gasteiger partial charge in [-0.05, 0) is 31.2 Å². The van der Waals surface area contributed by atoms with Crippen LogP contribution in [0.5, 0.6) is 11.6 Å². The minimum Gasteiger partial charge on any atom is -0.496 e. The Morgan fingerprint density at radius 3 is 2.75 bits per heavy atom. The molecular formula is C20H18ClN3O3S. The highest BCUT2D eigenvalue weighted by molar-refractivity contribution is 7.17. The van der Waals surface area contributed by atoms with Crippen molar-refractivity contribution in [3.05, 3.63) is 57.7 Å². The van der Waals surface area contributed by atoms with Crippen LogP contribution in [0.25, 0.3) is 10.6 Å². The molecule has 8 heteroatoms. The molecule has 3 aromatic rings. The SMILES string of the molecule is COc1ccc(C=NCC(=O)c2sc(-c3ccc(Cl)cc3OC)nc2C)cn1. The highest BCUT2D eigenvalue weighted by atomic mass is 35.5. The minimum absolute atomic E-state index is 0.0340. The fourth-order valence-electron chi connectivity index (χ4n) is 2.51. The first kappa shape index (κ1) is 20.0. The third-order valence-electron chi connectivity index (χ3n) is 3.89. The summed E-state index contributed by atoms with van der Waals surface area (Å²) in [6.07, 6.45) is 3.25. The fraction of sp³-hybridized carbons (Fsp3) is 0.200. The summed E-state index contributed by atoms with van der Waals surface area (Å²) in [5.74, 6) is 1.05. The summed E-state index contributed by atoms with van der Waals surface area (Å²) in [7, 11) is 3.13. The van der Waals surface area contributed by atoms with E-state index >= 15 is 0 Å². The van der Waals surface area contributed by atoms with Crippen molar-refractivity contribution in [1.29, 1.82) is 0 Å². The van der Waals surface area contributed by atoms with Crippen molar-refractivity contribution in [3.8, 4) is 22.2 Å². The zero-order chi connectivity index (χ0) is 20.1. The second kappa shape index (κ2) is 8.95. The highest BCUT2D eigenvalue weighted by Gasteiger charge is 2.18. The van der Waals surface area contributed by atoms with Gasteiger partial charge in [-0.15, -0.1) is 11.3 Å². The summed E-state index contributed by atoms with van der Waals surface area (Å²) in [6.45, 7) is 1.85. The van der Waals surface area contributed by atoms with Crippen LogP contribution in [0.4, 0.5) is 0 Å². The lowest BCUT2D eigenvalue weighted by Crippen LogP contribution is -2.03. The lowest BCUT2D eigenvalue weighted by Gasteiger charge is -2.05. The van der Waals surface area contributed by atoms with Crippen LogP contribution in [-0.2, 0) is 0 Å². The van der Waals surface area contributed by atoms with Crippen LogP contribution < -0.4 is 9.47 Å². The molecule has 28 heavy (non-hydrogen) atoms. The van der Waals surface area contributed by atoms with Crippen molar-refractivity contribution in [2.45, 2.75) is 6.92 Å². The number of hydrogen-bond donors (Lipinski definition) is 0. The Bertz CT molecular complexity index is 1020. The van der Waals surface area contributed by atoms with Crippen molar-refractivity contribution in [1.82, 2.24) is 9.97 Å². The van der Waals surface area contributed by atoms with Crippen LogP contribution in [0.3, 0.4) is 0 Å². The molecule has 0 aliphatic rings. The first-order valence-corrected chi connectivity index (χ1v) is 9.55. The van der Waals surface area contributed by atoms with Gasteiger partial charge in [0, 0.05) is 29.1 Å². The van der Waals surface area contributed by atoms with Crippen LogP contribution >= 0.6 is 22.9 Å². The maximum Gasteiger partial charge on any atom is 0.212 e. The molecule has 0 aliphatic carbocycles. The van der Waals surface area contributed by atoms with E-state index in [0.29, 0.717) is 32.2 Å². The third kappa shape index (κ3) is 4.55. The van der Waals surface area contributed by atoms with Gasteiger partial charge < -0.3 is 9.47 Å². The second-order valence-electron chi connectivity index (χ2n) is 5.81. The summed E-state index contributed by atoms with van der Waals surface area (Å²) in [6, 6.07) is 8.89. The topological polar surface area (TPSA) is 73.7 Å². The summed E-state index contributed by atoms with van der Waals surface area (Å²) in [5.41, 5.74) is 2.26. The van der Waals surface area contributed by atoms with E-state index in [0.717, 1.165) is 11.1 Å². The molecule has 3 rings (SSSR count). The molecule has 0 bridgehead atoms. The number of hydrogen-bond acceptors (Lipinski definition) is 7. The molecule has 2 aromatic heterocycles. The van der Waals surface area contributed by atoms with Crippen molar-refractivity contribution < 1.29 is 14.3 Å². The Labute approximate surface area is 171 Å². The van der Waals surface area contributed by atoms with Gasteiger partial charge in [0.2, 0.25) is 5.88 Å². The molecule has 0 saturated heterocycles. The molecule has 0 radical (unpaired) electrons. The van der Waals surface area contributed by atoms with Crippen molar-refractivity contribution in [2.24, 2.45) is 4.99 Å². The average molecular weight is 416 g/mol. The monoisotopic (exact) mass is 415 g/mol. The number of ketones is 1. The molecule has 0 N–H and O–H groups in total. The smallest absolute Gasteiger partial charge is 0.212 e. The molecular weight excluding hydrogens is 398 g/mol. The molecule has 0 unspecified atom stereocenters. The number of pyridine rings is 1. The van der Waals surface area contributed by atoms with E-state index in [9.17, 15) is 4.79 Å². The molecule has 0 amide bonds. The largest absolute Gasteiger partial charge is 0.496 e. The lowest BCUT2D eigenvalue weighted by molar-refractivity contribution is 0.100. The first-order chi connectivity index (χ1) is 13.5. The maximum atomic E-state index is 12.6. The Kier molecular flexibility index (Phi) is 6.38. The Hall–Kier alpha value is -2.77. The number of halogens is 1. The number of ether oxygens (including phenoxy) is 2. The number of Topliss-reactive ketones (excluding diaryl/α,β-unsaturated/α-hetero) is 1. The lowest BCUT2D eigenvalue weighted by atomic mass is 10.2. The van der Waals surface area contributed by atoms with E-state index in [1.807, 2.05) is 19.1 Å². The summed E-state index contributed by atoms with van der Waals surface area (Å²) < 4.78 is 10.4. The molecule has 2 heterocycles. The summed E-state index contributed by atoms with van der Waals surface area (Å²) in [5, 5.41) is 1.28. The Morgan fingerprint density at radius 2 is 2.07 bits per heavy atom. The van der Waals surface area contributed by atoms with E-state index in [4.69, 9.17) is 21.1 Å². The van der Waals surface area contributed by atoms with Crippen LogP contribution in [0.15, 0.2) is 41.5 Å². The van der Waals surface area contributed by atoms with Gasteiger partial charge in [0.25, 0.3) is 0 Å². The number of carbonyl (C=O) groups is 1. The van der Waals surface area contributed by atoms with Crippen LogP contribution in [0.2, 0.25) is 5.02 Å². The number of rotatable bonds is 7. The predicted molar refractivity (Wildman–Crippen MR) is 111 cm³/mol. The number of carbonyl (C=O) groups excluding carboxylic acids is 1. The standard InChI is InChI=1S/C20H18ClN3O3S/c1-12-19(16(25)11-22-9-13-4-7-18(27-3)23-10-13)28-20(24-12)15-6-5-14(21)8-17(15)26-2/h4-10H,11H2,1-3H3. The number of methoxy groups -OCH3 is 2. The van der Waals surface area contributed by atoms with Gasteiger partial charge in [0.05, 0.1) is 30.4 Å².